The van der Waals surface area contributed by atoms with Gasteiger partial charge in [0.05, 0.1) is 11.6 Å². The number of aliphatic imine (C=N–C) groups is 1. The number of rotatable bonds is 5. The number of aliphatic carboxylic acids is 1. The van der Waals surface area contributed by atoms with Crippen molar-refractivity contribution in [3.8, 4) is 0 Å². The van der Waals surface area contributed by atoms with Crippen molar-refractivity contribution in [3.05, 3.63) is 30.3 Å². The van der Waals surface area contributed by atoms with Gasteiger partial charge in [0.1, 0.15) is 0 Å². The number of nitrogens with zero attached hydrogens (tertiary/aromatic N) is 2. The third kappa shape index (κ3) is 3.54. The number of para-hydroxylation sites is 1. The van der Waals surface area contributed by atoms with Crippen LogP contribution in [-0.4, -0.2) is 39.5 Å². The minimum Gasteiger partial charge on any atom is -0.481 e. The van der Waals surface area contributed by atoms with Crippen molar-refractivity contribution in [2.24, 2.45) is 10.9 Å². The highest BCUT2D eigenvalue weighted by atomic mass is 32.2. The zero-order valence-electron chi connectivity index (χ0n) is 11.8. The lowest BCUT2D eigenvalue weighted by molar-refractivity contribution is -0.141. The molecule has 1 aliphatic rings. The summed E-state index contributed by atoms with van der Waals surface area (Å²) in [5, 5.41) is 10.2. The van der Waals surface area contributed by atoms with E-state index in [9.17, 15) is 4.79 Å². The molecule has 1 fully saturated rings. The summed E-state index contributed by atoms with van der Waals surface area (Å²) in [6, 6.07) is 9.81. The van der Waals surface area contributed by atoms with E-state index in [1.807, 2.05) is 30.3 Å². The summed E-state index contributed by atoms with van der Waals surface area (Å²) in [4.78, 5) is 18.0. The number of carboxylic acid groups (broad SMARTS) is 1. The smallest absolute Gasteiger partial charge is 0.307 e. The number of benzene rings is 1. The molecule has 5 heteroatoms. The Hall–Kier alpha value is -1.49. The maximum atomic E-state index is 11.1. The van der Waals surface area contributed by atoms with Crippen molar-refractivity contribution >= 4 is 28.6 Å². The average Bonchev–Trinajstić information content (AvgIpc) is 2.82. The third-order valence-electron chi connectivity index (χ3n) is 3.35. The fourth-order valence-corrected chi connectivity index (χ4v) is 3.45. The van der Waals surface area contributed by atoms with Gasteiger partial charge in [0, 0.05) is 18.3 Å². The molecule has 1 aliphatic heterocycles. The van der Waals surface area contributed by atoms with Gasteiger partial charge in [-0.2, -0.15) is 0 Å². The van der Waals surface area contributed by atoms with Crippen molar-refractivity contribution in [1.29, 1.82) is 0 Å². The van der Waals surface area contributed by atoms with E-state index in [1.165, 1.54) is 0 Å². The van der Waals surface area contributed by atoms with E-state index >= 15 is 0 Å². The molecule has 1 aromatic carbocycles. The Balaban J connectivity index is 2.18. The summed E-state index contributed by atoms with van der Waals surface area (Å²) < 4.78 is 0. The van der Waals surface area contributed by atoms with E-state index in [0.717, 1.165) is 30.4 Å². The third-order valence-corrected chi connectivity index (χ3v) is 4.77. The minimum atomic E-state index is -0.736. The van der Waals surface area contributed by atoms with Gasteiger partial charge < -0.3 is 10.0 Å². The maximum Gasteiger partial charge on any atom is 0.307 e. The fourth-order valence-electron chi connectivity index (χ4n) is 2.13. The van der Waals surface area contributed by atoms with Crippen LogP contribution in [0.1, 0.15) is 20.3 Å². The van der Waals surface area contributed by atoms with Crippen LogP contribution in [0.25, 0.3) is 0 Å². The van der Waals surface area contributed by atoms with Crippen LogP contribution in [0.3, 0.4) is 0 Å². The molecule has 20 heavy (non-hydrogen) atoms. The van der Waals surface area contributed by atoms with Gasteiger partial charge in [0.15, 0.2) is 5.17 Å². The summed E-state index contributed by atoms with van der Waals surface area (Å²) >= 11 is 1.59. The molecule has 0 saturated carbocycles. The normalized spacial score (nSPS) is 22.2. The number of carboxylic acids is 1. The van der Waals surface area contributed by atoms with Crippen molar-refractivity contribution in [1.82, 2.24) is 4.90 Å². The highest BCUT2D eigenvalue weighted by Crippen LogP contribution is 2.32. The molecule has 0 radical (unpaired) electrons. The summed E-state index contributed by atoms with van der Waals surface area (Å²) in [6.07, 6.45) is 1.03. The molecule has 2 atom stereocenters. The molecule has 0 bridgehead atoms. The second kappa shape index (κ2) is 6.79. The second-order valence-electron chi connectivity index (χ2n) is 4.96. The largest absolute Gasteiger partial charge is 0.481 e. The first kappa shape index (κ1) is 14.9. The van der Waals surface area contributed by atoms with Crippen LogP contribution in [0.15, 0.2) is 35.3 Å². The van der Waals surface area contributed by atoms with Crippen LogP contribution in [0, 0.1) is 5.92 Å². The fraction of sp³-hybridized carbons (Fsp3) is 0.467. The second-order valence-corrected chi connectivity index (χ2v) is 6.17. The maximum absolute atomic E-state index is 11.1. The lowest BCUT2D eigenvalue weighted by Crippen LogP contribution is -2.30. The van der Waals surface area contributed by atoms with E-state index in [1.54, 1.807) is 18.7 Å². The number of carbonyl (C=O) groups is 1. The Morgan fingerprint density at radius 2 is 2.20 bits per heavy atom. The molecule has 1 heterocycles. The number of hydrogen-bond donors (Lipinski definition) is 1. The Morgan fingerprint density at radius 1 is 1.50 bits per heavy atom. The highest BCUT2D eigenvalue weighted by Gasteiger charge is 2.35. The number of thioether (sulfide) groups is 1. The van der Waals surface area contributed by atoms with Gasteiger partial charge in [-0.15, -0.1) is 0 Å². The van der Waals surface area contributed by atoms with Gasteiger partial charge in [-0.1, -0.05) is 43.8 Å². The molecule has 2 unspecified atom stereocenters. The standard InChI is InChI=1S/C15H20N2O2S/c1-3-9-17-10-13(11(2)14(18)19)20-15(17)16-12-7-5-4-6-8-12/h4-8,11,13H,3,9-10H2,1-2H3,(H,18,19). The van der Waals surface area contributed by atoms with Crippen LogP contribution in [0.4, 0.5) is 5.69 Å². The van der Waals surface area contributed by atoms with Crippen molar-refractivity contribution in [3.63, 3.8) is 0 Å². The van der Waals surface area contributed by atoms with Gasteiger partial charge in [0.2, 0.25) is 0 Å². The van der Waals surface area contributed by atoms with Crippen LogP contribution >= 0.6 is 11.8 Å². The Morgan fingerprint density at radius 3 is 2.80 bits per heavy atom. The van der Waals surface area contributed by atoms with E-state index in [0.29, 0.717) is 0 Å². The lowest BCUT2D eigenvalue weighted by atomic mass is 10.1. The monoisotopic (exact) mass is 292 g/mol. The van der Waals surface area contributed by atoms with Gasteiger partial charge in [-0.25, -0.2) is 4.99 Å². The topological polar surface area (TPSA) is 52.9 Å². The first-order valence-electron chi connectivity index (χ1n) is 6.90. The summed E-state index contributed by atoms with van der Waals surface area (Å²) in [7, 11) is 0. The molecule has 2 rings (SSSR count). The molecule has 0 amide bonds. The Bertz CT molecular complexity index is 490. The van der Waals surface area contributed by atoms with E-state index in [2.05, 4.69) is 16.8 Å². The van der Waals surface area contributed by atoms with Crippen LogP contribution < -0.4 is 0 Å². The van der Waals surface area contributed by atoms with Gasteiger partial charge in [0.25, 0.3) is 0 Å². The molecule has 0 spiro atoms. The van der Waals surface area contributed by atoms with E-state index in [-0.39, 0.29) is 11.2 Å². The minimum absolute atomic E-state index is 0.0708. The molecule has 1 aromatic rings. The highest BCUT2D eigenvalue weighted by molar-refractivity contribution is 8.14. The van der Waals surface area contributed by atoms with E-state index < -0.39 is 5.97 Å². The first-order chi connectivity index (χ1) is 9.61. The molecule has 0 aliphatic carbocycles. The van der Waals surface area contributed by atoms with Gasteiger partial charge in [-0.05, 0) is 18.6 Å². The number of hydrogen-bond acceptors (Lipinski definition) is 3. The number of amidine groups is 1. The van der Waals surface area contributed by atoms with Crippen molar-refractivity contribution in [2.75, 3.05) is 13.1 Å². The van der Waals surface area contributed by atoms with Crippen molar-refractivity contribution in [2.45, 2.75) is 25.5 Å². The summed E-state index contributed by atoms with van der Waals surface area (Å²) in [6.45, 7) is 5.58. The summed E-state index contributed by atoms with van der Waals surface area (Å²) in [5.41, 5.74) is 0.916. The Labute approximate surface area is 123 Å². The summed E-state index contributed by atoms with van der Waals surface area (Å²) in [5.74, 6) is -1.09. The van der Waals surface area contributed by atoms with Gasteiger partial charge in [-0.3, -0.25) is 4.79 Å². The lowest BCUT2D eigenvalue weighted by Gasteiger charge is -2.17. The van der Waals surface area contributed by atoms with Crippen molar-refractivity contribution < 1.29 is 9.90 Å². The molecule has 1 N–H and O–H groups in total. The molecule has 1 saturated heterocycles. The average molecular weight is 292 g/mol. The van der Waals surface area contributed by atoms with Crippen LogP contribution in [-0.2, 0) is 4.79 Å². The zero-order chi connectivity index (χ0) is 14.5. The molecular weight excluding hydrogens is 272 g/mol. The molecule has 4 nitrogen and oxygen atoms in total. The van der Waals surface area contributed by atoms with Gasteiger partial charge >= 0.3 is 5.97 Å². The first-order valence-corrected chi connectivity index (χ1v) is 7.78. The zero-order valence-corrected chi connectivity index (χ0v) is 12.6. The molecular formula is C15H20N2O2S. The van der Waals surface area contributed by atoms with Crippen LogP contribution in [0.2, 0.25) is 0 Å². The predicted octanol–water partition coefficient (Wildman–Crippen LogP) is 3.22. The Kier molecular flexibility index (Phi) is 5.06. The predicted molar refractivity (Wildman–Crippen MR) is 83.6 cm³/mol. The van der Waals surface area contributed by atoms with Crippen LogP contribution in [0.5, 0.6) is 0 Å². The molecule has 0 aromatic heterocycles. The SMILES string of the molecule is CCCN1CC(C(C)C(=O)O)SC1=Nc1ccccc1. The van der Waals surface area contributed by atoms with E-state index in [4.69, 9.17) is 5.11 Å². The molecule has 108 valence electrons. The quantitative estimate of drug-likeness (QED) is 0.905.